The number of aryl methyl sites for hydroxylation is 1. The van der Waals surface area contributed by atoms with E-state index in [4.69, 9.17) is 14.2 Å². The molecule has 158 valence electrons. The number of nitrogens with zero attached hydrogens (tertiary/aromatic N) is 2. The van der Waals surface area contributed by atoms with Crippen LogP contribution in [0.1, 0.15) is 25.7 Å². The molecule has 0 radical (unpaired) electrons. The van der Waals surface area contributed by atoms with E-state index in [1.54, 1.807) is 28.9 Å². The molecule has 7 nitrogen and oxygen atoms in total. The van der Waals surface area contributed by atoms with E-state index in [9.17, 15) is 9.59 Å². The lowest BCUT2D eigenvalue weighted by Crippen LogP contribution is -2.14. The fourth-order valence-electron chi connectivity index (χ4n) is 3.20. The van der Waals surface area contributed by atoms with Crippen LogP contribution in [0.5, 0.6) is 11.5 Å². The molecule has 0 bridgehead atoms. The summed E-state index contributed by atoms with van der Waals surface area (Å²) >= 11 is 1.28. The molecule has 31 heavy (non-hydrogen) atoms. The summed E-state index contributed by atoms with van der Waals surface area (Å²) in [6.45, 7) is 1.49. The smallest absolute Gasteiger partial charge is 0.348 e. The van der Waals surface area contributed by atoms with Crippen LogP contribution >= 0.6 is 11.3 Å². The number of hydrogen-bond acceptors (Lipinski definition) is 7. The van der Waals surface area contributed by atoms with Gasteiger partial charge in [0.25, 0.3) is 0 Å². The quantitative estimate of drug-likeness (QED) is 0.315. The molecule has 4 aromatic rings. The summed E-state index contributed by atoms with van der Waals surface area (Å²) in [5, 5.41) is 5.44. The third-order valence-electron chi connectivity index (χ3n) is 4.79. The van der Waals surface area contributed by atoms with Crippen molar-refractivity contribution in [3.63, 3.8) is 0 Å². The van der Waals surface area contributed by atoms with Crippen molar-refractivity contribution in [1.82, 2.24) is 9.78 Å². The normalized spacial score (nSPS) is 10.8. The van der Waals surface area contributed by atoms with Gasteiger partial charge < -0.3 is 14.2 Å². The molecular formula is C23H20N2O5S. The standard InChI is InChI=1S/C23H20N2O5S/c1-14-17-12-21(31-22(17)25(24-14)15-7-5-4-6-8-15)23(27)30-13-19(26)18-11-16(28-2)9-10-20(18)29-3/h4-12H,13H2,1-3H3. The van der Waals surface area contributed by atoms with Crippen LogP contribution in [0.4, 0.5) is 0 Å². The first-order valence-electron chi connectivity index (χ1n) is 9.48. The highest BCUT2D eigenvalue weighted by Crippen LogP contribution is 2.31. The van der Waals surface area contributed by atoms with Gasteiger partial charge in [-0.05, 0) is 43.3 Å². The van der Waals surface area contributed by atoms with Crippen LogP contribution < -0.4 is 9.47 Å². The fraction of sp³-hybridized carbons (Fsp3) is 0.174. The van der Waals surface area contributed by atoms with Crippen LogP contribution in [-0.2, 0) is 4.74 Å². The third kappa shape index (κ3) is 4.02. The molecule has 0 fully saturated rings. The maximum absolute atomic E-state index is 12.6. The number of carbonyl (C=O) groups excluding carboxylic acids is 2. The number of methoxy groups -OCH3 is 2. The second-order valence-electron chi connectivity index (χ2n) is 6.73. The van der Waals surface area contributed by atoms with Gasteiger partial charge in [0.1, 0.15) is 21.2 Å². The highest BCUT2D eigenvalue weighted by Gasteiger charge is 2.20. The largest absolute Gasteiger partial charge is 0.497 e. The summed E-state index contributed by atoms with van der Waals surface area (Å²) in [6.07, 6.45) is 0. The Labute approximate surface area is 182 Å². The lowest BCUT2D eigenvalue weighted by atomic mass is 10.1. The predicted octanol–water partition coefficient (Wildman–Crippen LogP) is 4.45. The Bertz CT molecular complexity index is 1260. The van der Waals surface area contributed by atoms with E-state index in [1.165, 1.54) is 25.6 Å². The molecular weight excluding hydrogens is 416 g/mol. The van der Waals surface area contributed by atoms with E-state index in [0.717, 1.165) is 21.6 Å². The number of benzene rings is 2. The molecule has 0 unspecified atom stereocenters. The topological polar surface area (TPSA) is 79.7 Å². The number of esters is 1. The van der Waals surface area contributed by atoms with Crippen molar-refractivity contribution in [2.24, 2.45) is 0 Å². The van der Waals surface area contributed by atoms with Crippen LogP contribution in [0.3, 0.4) is 0 Å². The maximum Gasteiger partial charge on any atom is 0.348 e. The molecule has 0 spiro atoms. The van der Waals surface area contributed by atoms with Gasteiger partial charge in [-0.15, -0.1) is 11.3 Å². The molecule has 0 aliphatic rings. The van der Waals surface area contributed by atoms with Gasteiger partial charge in [0.15, 0.2) is 6.61 Å². The SMILES string of the molecule is COc1ccc(OC)c(C(=O)COC(=O)c2cc3c(C)nn(-c4ccccc4)c3s2)c1. The summed E-state index contributed by atoms with van der Waals surface area (Å²) in [4.78, 5) is 26.5. The van der Waals surface area contributed by atoms with Gasteiger partial charge in [-0.1, -0.05) is 18.2 Å². The minimum atomic E-state index is -0.560. The maximum atomic E-state index is 12.6. The second-order valence-corrected chi connectivity index (χ2v) is 7.76. The van der Waals surface area contributed by atoms with Crippen molar-refractivity contribution in [3.05, 3.63) is 70.7 Å². The van der Waals surface area contributed by atoms with Crippen molar-refractivity contribution < 1.29 is 23.8 Å². The minimum Gasteiger partial charge on any atom is -0.497 e. The Morgan fingerprint density at radius 2 is 1.81 bits per heavy atom. The monoisotopic (exact) mass is 436 g/mol. The molecule has 0 atom stereocenters. The Morgan fingerprint density at radius 3 is 2.52 bits per heavy atom. The molecule has 0 aliphatic carbocycles. The molecule has 0 saturated carbocycles. The zero-order chi connectivity index (χ0) is 22.0. The van der Waals surface area contributed by atoms with Crippen LogP contribution in [0, 0.1) is 6.92 Å². The summed E-state index contributed by atoms with van der Waals surface area (Å²) in [5.41, 5.74) is 2.01. The first-order chi connectivity index (χ1) is 15.0. The average Bonchev–Trinajstić information content (AvgIpc) is 3.38. The molecule has 2 heterocycles. The Hall–Kier alpha value is -3.65. The first-order valence-corrected chi connectivity index (χ1v) is 10.3. The summed E-state index contributed by atoms with van der Waals surface area (Å²) in [6, 6.07) is 16.3. The Morgan fingerprint density at radius 1 is 1.03 bits per heavy atom. The van der Waals surface area contributed by atoms with Crippen LogP contribution in [0.15, 0.2) is 54.6 Å². The molecule has 0 aliphatic heterocycles. The zero-order valence-electron chi connectivity index (χ0n) is 17.2. The minimum absolute atomic E-state index is 0.293. The van der Waals surface area contributed by atoms with Crippen LogP contribution in [0.2, 0.25) is 0 Å². The number of ether oxygens (including phenoxy) is 3. The number of carbonyl (C=O) groups is 2. The zero-order valence-corrected chi connectivity index (χ0v) is 18.1. The van der Waals surface area contributed by atoms with Gasteiger partial charge in [-0.3, -0.25) is 4.79 Å². The Kier molecular flexibility index (Phi) is 5.73. The number of para-hydroxylation sites is 1. The number of ketones is 1. The molecule has 0 amide bonds. The second kappa shape index (κ2) is 8.61. The number of thiophene rings is 1. The summed E-state index contributed by atoms with van der Waals surface area (Å²) in [7, 11) is 2.98. The Balaban J connectivity index is 1.54. The van der Waals surface area contributed by atoms with E-state index < -0.39 is 12.6 Å². The molecule has 4 rings (SSSR count). The van der Waals surface area contributed by atoms with Crippen molar-refractivity contribution in [2.75, 3.05) is 20.8 Å². The lowest BCUT2D eigenvalue weighted by molar-refractivity contribution is 0.0479. The van der Waals surface area contributed by atoms with E-state index in [0.29, 0.717) is 21.9 Å². The fourth-order valence-corrected chi connectivity index (χ4v) is 4.28. The van der Waals surface area contributed by atoms with E-state index in [-0.39, 0.29) is 5.78 Å². The van der Waals surface area contributed by atoms with Crippen molar-refractivity contribution in [1.29, 1.82) is 0 Å². The van der Waals surface area contributed by atoms with Gasteiger partial charge >= 0.3 is 5.97 Å². The van der Waals surface area contributed by atoms with Gasteiger partial charge in [0.05, 0.1) is 31.2 Å². The van der Waals surface area contributed by atoms with Crippen molar-refractivity contribution in [3.8, 4) is 17.2 Å². The third-order valence-corrected chi connectivity index (χ3v) is 5.88. The summed E-state index contributed by atoms with van der Waals surface area (Å²) in [5.74, 6) is -0.0320. The molecule has 2 aromatic carbocycles. The molecule has 0 N–H and O–H groups in total. The van der Waals surface area contributed by atoms with E-state index in [2.05, 4.69) is 5.10 Å². The molecule has 8 heteroatoms. The van der Waals surface area contributed by atoms with Gasteiger partial charge in [0, 0.05) is 5.39 Å². The van der Waals surface area contributed by atoms with Gasteiger partial charge in [-0.2, -0.15) is 5.10 Å². The van der Waals surface area contributed by atoms with Crippen molar-refractivity contribution in [2.45, 2.75) is 6.92 Å². The van der Waals surface area contributed by atoms with E-state index >= 15 is 0 Å². The summed E-state index contributed by atoms with van der Waals surface area (Å²) < 4.78 is 17.5. The van der Waals surface area contributed by atoms with Gasteiger partial charge in [0.2, 0.25) is 5.78 Å². The first kappa shape index (κ1) is 20.6. The van der Waals surface area contributed by atoms with E-state index in [1.807, 2.05) is 37.3 Å². The highest BCUT2D eigenvalue weighted by atomic mass is 32.1. The molecule has 0 saturated heterocycles. The number of fused-ring (bicyclic) bond motifs is 1. The van der Waals surface area contributed by atoms with Crippen LogP contribution in [0.25, 0.3) is 15.9 Å². The van der Waals surface area contributed by atoms with Crippen LogP contribution in [-0.4, -0.2) is 42.4 Å². The predicted molar refractivity (Wildman–Crippen MR) is 118 cm³/mol. The van der Waals surface area contributed by atoms with Gasteiger partial charge in [-0.25, -0.2) is 9.48 Å². The average molecular weight is 436 g/mol. The number of Topliss-reactive ketones (excluding diaryl/α,β-unsaturated/α-hetero) is 1. The number of hydrogen-bond donors (Lipinski definition) is 0. The highest BCUT2D eigenvalue weighted by molar-refractivity contribution is 7.20. The number of aromatic nitrogens is 2. The molecule has 2 aromatic heterocycles. The van der Waals surface area contributed by atoms with Crippen molar-refractivity contribution >= 4 is 33.3 Å². The lowest BCUT2D eigenvalue weighted by Gasteiger charge is -2.09. The number of rotatable bonds is 7.